The van der Waals surface area contributed by atoms with Crippen molar-refractivity contribution in [1.82, 2.24) is 15.1 Å². The van der Waals surface area contributed by atoms with E-state index in [1.807, 2.05) is 44.6 Å². The predicted molar refractivity (Wildman–Crippen MR) is 119 cm³/mol. The Bertz CT molecular complexity index is 998. The number of aryl methyl sites for hydroxylation is 1. The fourth-order valence-corrected chi connectivity index (χ4v) is 3.83. The number of carbonyl (C=O) groups is 1. The molecule has 3 aromatic rings. The topological polar surface area (TPSA) is 70.2 Å². The molecule has 6 heteroatoms. The first-order valence-corrected chi connectivity index (χ1v) is 10.4. The molecule has 1 heterocycles. The first kappa shape index (κ1) is 20.2. The van der Waals surface area contributed by atoms with Gasteiger partial charge in [-0.05, 0) is 62.2 Å². The summed E-state index contributed by atoms with van der Waals surface area (Å²) in [5.41, 5.74) is 5.33. The minimum atomic E-state index is -0.0249. The number of carbonyl (C=O) groups excluding carboxylic acids is 1. The first-order valence-electron chi connectivity index (χ1n) is 10.4. The summed E-state index contributed by atoms with van der Waals surface area (Å²) in [6.45, 7) is 1.34. The Morgan fingerprint density at radius 1 is 1.20 bits per heavy atom. The van der Waals surface area contributed by atoms with E-state index in [-0.39, 0.29) is 11.8 Å². The summed E-state index contributed by atoms with van der Waals surface area (Å²) in [5.74, 6) is 0.709. The van der Waals surface area contributed by atoms with Crippen molar-refractivity contribution in [2.24, 2.45) is 5.92 Å². The third-order valence-electron chi connectivity index (χ3n) is 5.58. The van der Waals surface area contributed by atoms with Crippen LogP contribution in [0.2, 0.25) is 0 Å². The Morgan fingerprint density at radius 2 is 2.03 bits per heavy atom. The van der Waals surface area contributed by atoms with Gasteiger partial charge in [-0.1, -0.05) is 30.3 Å². The monoisotopic (exact) mass is 404 g/mol. The normalized spacial score (nSPS) is 15.6. The molecule has 2 N–H and O–H groups in total. The average molecular weight is 405 g/mol. The smallest absolute Gasteiger partial charge is 0.227 e. The van der Waals surface area contributed by atoms with Crippen LogP contribution in [0.3, 0.4) is 0 Å². The van der Waals surface area contributed by atoms with Gasteiger partial charge in [0.05, 0.1) is 11.9 Å². The molecule has 1 unspecified atom stereocenters. The summed E-state index contributed by atoms with van der Waals surface area (Å²) in [5, 5.41) is 9.98. The molecule has 1 amide bonds. The third-order valence-corrected chi connectivity index (χ3v) is 5.58. The van der Waals surface area contributed by atoms with E-state index in [1.54, 1.807) is 6.20 Å². The molecule has 1 aliphatic carbocycles. The van der Waals surface area contributed by atoms with Crippen molar-refractivity contribution in [2.75, 3.05) is 32.6 Å². The summed E-state index contributed by atoms with van der Waals surface area (Å²) in [6, 6.07) is 14.3. The molecule has 2 aromatic carbocycles. The van der Waals surface area contributed by atoms with Crippen molar-refractivity contribution >= 4 is 11.6 Å². The number of fused-ring (bicyclic) bond motifs is 1. The van der Waals surface area contributed by atoms with Gasteiger partial charge >= 0.3 is 0 Å². The SMILES string of the molecule is CN(C)CCOc1cc(-c2cn[nH]c2)ccc1NC(=O)C1CCc2ccccc2C1. The number of nitrogens with one attached hydrogen (secondary N) is 2. The van der Waals surface area contributed by atoms with E-state index in [4.69, 9.17) is 4.74 Å². The number of H-pyrrole nitrogens is 1. The number of nitrogens with zero attached hydrogens (tertiary/aromatic N) is 2. The Hall–Kier alpha value is -3.12. The molecule has 6 nitrogen and oxygen atoms in total. The van der Waals surface area contributed by atoms with Crippen LogP contribution >= 0.6 is 0 Å². The van der Waals surface area contributed by atoms with Crippen LogP contribution < -0.4 is 10.1 Å². The lowest BCUT2D eigenvalue weighted by Crippen LogP contribution is -2.28. The molecular weight excluding hydrogens is 376 g/mol. The number of amides is 1. The number of hydrogen-bond donors (Lipinski definition) is 2. The summed E-state index contributed by atoms with van der Waals surface area (Å²) in [4.78, 5) is 15.1. The van der Waals surface area contributed by atoms with Gasteiger partial charge in [0.15, 0.2) is 0 Å². The van der Waals surface area contributed by atoms with E-state index < -0.39 is 0 Å². The molecule has 0 radical (unpaired) electrons. The van der Waals surface area contributed by atoms with Crippen molar-refractivity contribution < 1.29 is 9.53 Å². The highest BCUT2D eigenvalue weighted by atomic mass is 16.5. The van der Waals surface area contributed by atoms with E-state index in [9.17, 15) is 4.79 Å². The number of aromatic nitrogens is 2. The minimum absolute atomic E-state index is 0.0249. The summed E-state index contributed by atoms with van der Waals surface area (Å²) >= 11 is 0. The molecule has 0 fully saturated rings. The maximum absolute atomic E-state index is 13.0. The molecule has 1 atom stereocenters. The summed E-state index contributed by atoms with van der Waals surface area (Å²) in [7, 11) is 4.02. The number of anilines is 1. The van der Waals surface area contributed by atoms with E-state index in [0.717, 1.165) is 36.9 Å². The minimum Gasteiger partial charge on any atom is -0.490 e. The van der Waals surface area contributed by atoms with Crippen LogP contribution in [0.4, 0.5) is 5.69 Å². The quantitative estimate of drug-likeness (QED) is 0.629. The van der Waals surface area contributed by atoms with Crippen molar-refractivity contribution in [3.05, 3.63) is 66.0 Å². The summed E-state index contributed by atoms with van der Waals surface area (Å²) < 4.78 is 6.04. The van der Waals surface area contributed by atoms with Gasteiger partial charge in [-0.2, -0.15) is 5.10 Å². The van der Waals surface area contributed by atoms with Crippen LogP contribution in [-0.4, -0.2) is 48.3 Å². The molecule has 1 aliphatic rings. The molecule has 30 heavy (non-hydrogen) atoms. The zero-order chi connectivity index (χ0) is 20.9. The Morgan fingerprint density at radius 3 is 2.80 bits per heavy atom. The molecular formula is C24H28N4O2. The number of rotatable bonds is 7. The van der Waals surface area contributed by atoms with Gasteiger partial charge < -0.3 is 15.0 Å². The highest BCUT2D eigenvalue weighted by Crippen LogP contribution is 2.32. The van der Waals surface area contributed by atoms with Gasteiger partial charge in [-0.15, -0.1) is 0 Å². The zero-order valence-electron chi connectivity index (χ0n) is 17.5. The van der Waals surface area contributed by atoms with Gasteiger partial charge in [-0.25, -0.2) is 0 Å². The highest BCUT2D eigenvalue weighted by molar-refractivity contribution is 5.94. The average Bonchev–Trinajstić information content (AvgIpc) is 3.29. The van der Waals surface area contributed by atoms with Gasteiger partial charge in [0.1, 0.15) is 12.4 Å². The highest BCUT2D eigenvalue weighted by Gasteiger charge is 2.25. The van der Waals surface area contributed by atoms with Crippen molar-refractivity contribution in [2.45, 2.75) is 19.3 Å². The van der Waals surface area contributed by atoms with Crippen LogP contribution in [0, 0.1) is 5.92 Å². The van der Waals surface area contributed by atoms with Gasteiger partial charge in [-0.3, -0.25) is 9.89 Å². The van der Waals surface area contributed by atoms with Crippen molar-refractivity contribution in [3.63, 3.8) is 0 Å². The maximum Gasteiger partial charge on any atom is 0.227 e. The number of hydrogen-bond acceptors (Lipinski definition) is 4. The van der Waals surface area contributed by atoms with Crippen LogP contribution in [0.1, 0.15) is 17.5 Å². The number of aromatic amines is 1. The molecule has 0 spiro atoms. The number of ether oxygens (including phenoxy) is 1. The predicted octanol–water partition coefficient (Wildman–Crippen LogP) is 3.76. The van der Waals surface area contributed by atoms with Crippen LogP contribution in [0.25, 0.3) is 11.1 Å². The van der Waals surface area contributed by atoms with Gasteiger partial charge in [0.25, 0.3) is 0 Å². The van der Waals surface area contributed by atoms with Crippen molar-refractivity contribution in [1.29, 1.82) is 0 Å². The Labute approximate surface area is 177 Å². The van der Waals surface area contributed by atoms with Crippen LogP contribution in [0.15, 0.2) is 54.9 Å². The van der Waals surface area contributed by atoms with E-state index in [1.165, 1.54) is 11.1 Å². The second-order valence-corrected chi connectivity index (χ2v) is 8.05. The molecule has 4 rings (SSSR count). The fraction of sp³-hybridized carbons (Fsp3) is 0.333. The Kier molecular flexibility index (Phi) is 6.14. The second kappa shape index (κ2) is 9.13. The van der Waals surface area contributed by atoms with E-state index in [2.05, 4.69) is 38.6 Å². The number of likely N-dealkylation sites (N-methyl/N-ethyl adjacent to an activating group) is 1. The van der Waals surface area contributed by atoms with Gasteiger partial charge in [0, 0.05) is 24.2 Å². The molecule has 0 saturated heterocycles. The number of benzene rings is 2. The molecule has 0 aliphatic heterocycles. The first-order chi connectivity index (χ1) is 14.6. The van der Waals surface area contributed by atoms with E-state index >= 15 is 0 Å². The van der Waals surface area contributed by atoms with Crippen LogP contribution in [-0.2, 0) is 17.6 Å². The third kappa shape index (κ3) is 4.71. The largest absolute Gasteiger partial charge is 0.490 e. The van der Waals surface area contributed by atoms with Gasteiger partial charge in [0.2, 0.25) is 5.91 Å². The maximum atomic E-state index is 13.0. The fourth-order valence-electron chi connectivity index (χ4n) is 3.83. The second-order valence-electron chi connectivity index (χ2n) is 8.05. The standard InChI is InChI=1S/C24H28N4O2/c1-28(2)11-12-30-23-14-19(21-15-25-26-16-21)9-10-22(23)27-24(29)20-8-7-17-5-3-4-6-18(17)13-20/h3-6,9-10,14-16,20H,7-8,11-13H2,1-2H3,(H,25,26)(H,27,29). The molecule has 0 bridgehead atoms. The summed E-state index contributed by atoms with van der Waals surface area (Å²) in [6.07, 6.45) is 6.21. The zero-order valence-corrected chi connectivity index (χ0v) is 17.5. The lowest BCUT2D eigenvalue weighted by molar-refractivity contribution is -0.120. The lowest BCUT2D eigenvalue weighted by Gasteiger charge is -2.24. The lowest BCUT2D eigenvalue weighted by atomic mass is 9.83. The molecule has 1 aromatic heterocycles. The van der Waals surface area contributed by atoms with Crippen molar-refractivity contribution in [3.8, 4) is 16.9 Å². The van der Waals surface area contributed by atoms with E-state index in [0.29, 0.717) is 18.0 Å². The van der Waals surface area contributed by atoms with Crippen LogP contribution in [0.5, 0.6) is 5.75 Å². The molecule has 0 saturated carbocycles. The Balaban J connectivity index is 1.51. The molecule has 156 valence electrons.